The number of aromatic nitrogens is 3. The second kappa shape index (κ2) is 10.9. The lowest BCUT2D eigenvalue weighted by Crippen LogP contribution is -2.39. The van der Waals surface area contributed by atoms with E-state index in [1.54, 1.807) is 18.3 Å². The summed E-state index contributed by atoms with van der Waals surface area (Å²) in [6.45, 7) is 2.51. The molecule has 0 aliphatic carbocycles. The molecule has 1 aliphatic heterocycles. The number of rotatable bonds is 6. The molecule has 0 spiro atoms. The van der Waals surface area contributed by atoms with Gasteiger partial charge in [-0.25, -0.2) is 18.7 Å². The maximum absolute atomic E-state index is 14.0. The Morgan fingerprint density at radius 2 is 1.77 bits per heavy atom. The number of carbonyl (C=O) groups excluding carboxylic acids is 2. The lowest BCUT2D eigenvalue weighted by Gasteiger charge is -2.25. The molecule has 1 aliphatic rings. The summed E-state index contributed by atoms with van der Waals surface area (Å²) >= 11 is 0. The summed E-state index contributed by atoms with van der Waals surface area (Å²) in [5.74, 6) is -1.00. The number of fused-ring (bicyclic) bond motifs is 1. The van der Waals surface area contributed by atoms with Crippen LogP contribution >= 0.6 is 0 Å². The first-order valence-corrected chi connectivity index (χ1v) is 12.1. The summed E-state index contributed by atoms with van der Waals surface area (Å²) < 4.78 is 59.7. The molecule has 14 heteroatoms. The number of ether oxygens (including phenoxy) is 1. The smallest absolute Gasteiger partial charge is 0.382 e. The molecular weight excluding hydrogens is 534 g/mol. The molecule has 3 heterocycles. The number of amides is 2. The van der Waals surface area contributed by atoms with Gasteiger partial charge in [-0.05, 0) is 35.9 Å². The van der Waals surface area contributed by atoms with Gasteiger partial charge >= 0.3 is 12.2 Å². The van der Waals surface area contributed by atoms with Gasteiger partial charge in [-0.2, -0.15) is 18.3 Å². The lowest BCUT2D eigenvalue weighted by molar-refractivity contribution is -0.137. The number of Topliss-reactive ketones (excluding diaryl/α,β-unsaturated/α-hetero) is 1. The molecule has 2 aromatic carbocycles. The molecule has 2 amide bonds. The van der Waals surface area contributed by atoms with Crippen molar-refractivity contribution in [1.29, 1.82) is 0 Å². The van der Waals surface area contributed by atoms with Crippen LogP contribution in [0.4, 0.5) is 39.5 Å². The van der Waals surface area contributed by atoms with E-state index in [0.29, 0.717) is 66.7 Å². The predicted molar refractivity (Wildman–Crippen MR) is 138 cm³/mol. The van der Waals surface area contributed by atoms with Crippen LogP contribution in [-0.2, 0) is 10.9 Å². The fraction of sp³-hybridized carbons (Fsp3) is 0.231. The Labute approximate surface area is 224 Å². The van der Waals surface area contributed by atoms with E-state index < -0.39 is 29.3 Å². The topological polar surface area (TPSA) is 127 Å². The average molecular weight is 558 g/mol. The molecule has 4 N–H and O–H groups in total. The number of anilines is 3. The molecule has 2 aromatic heterocycles. The summed E-state index contributed by atoms with van der Waals surface area (Å²) in [5.41, 5.74) is 6.60. The molecular formula is C26H23F4N7O3. The normalized spacial score (nSPS) is 14.3. The average Bonchev–Trinajstić information content (AvgIpc) is 3.31. The van der Waals surface area contributed by atoms with Crippen LogP contribution in [0, 0.1) is 5.82 Å². The second-order valence-electron chi connectivity index (χ2n) is 9.02. The summed E-state index contributed by atoms with van der Waals surface area (Å²) in [5, 5.41) is 8.72. The van der Waals surface area contributed by atoms with Crippen molar-refractivity contribution >= 4 is 34.5 Å². The van der Waals surface area contributed by atoms with Crippen molar-refractivity contribution in [2.45, 2.75) is 6.18 Å². The largest absolute Gasteiger partial charge is 0.416 e. The van der Waals surface area contributed by atoms with Crippen LogP contribution in [0.2, 0.25) is 0 Å². The van der Waals surface area contributed by atoms with E-state index in [2.05, 4.69) is 20.7 Å². The van der Waals surface area contributed by atoms with Crippen molar-refractivity contribution in [1.82, 2.24) is 19.5 Å². The number of ketones is 1. The van der Waals surface area contributed by atoms with Gasteiger partial charge in [0.25, 0.3) is 0 Å². The number of alkyl halides is 3. The third-order valence-corrected chi connectivity index (χ3v) is 6.35. The number of nitrogens with two attached hydrogens (primary N) is 1. The van der Waals surface area contributed by atoms with E-state index in [0.717, 1.165) is 0 Å². The highest BCUT2D eigenvalue weighted by Gasteiger charge is 2.31. The van der Waals surface area contributed by atoms with Crippen LogP contribution in [-0.4, -0.2) is 64.2 Å². The molecule has 4 aromatic rings. The molecule has 0 atom stereocenters. The van der Waals surface area contributed by atoms with Gasteiger partial charge in [0.1, 0.15) is 17.7 Å². The molecule has 0 radical (unpaired) electrons. The van der Waals surface area contributed by atoms with Crippen molar-refractivity contribution in [2.75, 3.05) is 49.2 Å². The monoisotopic (exact) mass is 557 g/mol. The van der Waals surface area contributed by atoms with Crippen LogP contribution in [0.5, 0.6) is 0 Å². The van der Waals surface area contributed by atoms with Gasteiger partial charge in [0.15, 0.2) is 11.6 Å². The minimum absolute atomic E-state index is 0.147. The van der Waals surface area contributed by atoms with E-state index >= 15 is 0 Å². The van der Waals surface area contributed by atoms with E-state index in [4.69, 9.17) is 10.5 Å². The molecule has 40 heavy (non-hydrogen) atoms. The maximum Gasteiger partial charge on any atom is 0.416 e. The van der Waals surface area contributed by atoms with E-state index in [9.17, 15) is 27.2 Å². The highest BCUT2D eigenvalue weighted by molar-refractivity contribution is 6.09. The van der Waals surface area contributed by atoms with Gasteiger partial charge in [-0.3, -0.25) is 9.69 Å². The summed E-state index contributed by atoms with van der Waals surface area (Å²) in [4.78, 5) is 31.8. The number of morpholine rings is 1. The van der Waals surface area contributed by atoms with Crippen LogP contribution < -0.4 is 16.4 Å². The Morgan fingerprint density at radius 1 is 1.05 bits per heavy atom. The van der Waals surface area contributed by atoms with Crippen molar-refractivity contribution in [2.24, 2.45) is 0 Å². The summed E-state index contributed by atoms with van der Waals surface area (Å²) in [6.07, 6.45) is -1.83. The Balaban J connectivity index is 1.38. The number of hydrogen-bond acceptors (Lipinski definition) is 7. The van der Waals surface area contributed by atoms with Crippen molar-refractivity contribution < 1.29 is 31.9 Å². The first-order chi connectivity index (χ1) is 19.1. The number of nitrogens with one attached hydrogen (secondary N) is 2. The Hall–Kier alpha value is -4.56. The van der Waals surface area contributed by atoms with Crippen molar-refractivity contribution in [3.05, 3.63) is 71.9 Å². The first kappa shape index (κ1) is 27.0. The molecule has 5 rings (SSSR count). The predicted octanol–water partition coefficient (Wildman–Crippen LogP) is 4.30. The van der Waals surface area contributed by atoms with Gasteiger partial charge in [-0.15, -0.1) is 0 Å². The number of benzene rings is 2. The summed E-state index contributed by atoms with van der Waals surface area (Å²) in [6, 6.07) is 7.09. The minimum atomic E-state index is -4.70. The fourth-order valence-electron chi connectivity index (χ4n) is 4.39. The number of carbonyl (C=O) groups is 2. The third kappa shape index (κ3) is 5.72. The molecule has 1 fully saturated rings. The highest BCUT2D eigenvalue weighted by atomic mass is 19.4. The number of urea groups is 1. The quantitative estimate of drug-likeness (QED) is 0.238. The lowest BCUT2D eigenvalue weighted by atomic mass is 9.99. The van der Waals surface area contributed by atoms with Gasteiger partial charge in [-0.1, -0.05) is 12.1 Å². The van der Waals surface area contributed by atoms with Crippen molar-refractivity contribution in [3.8, 4) is 11.1 Å². The zero-order chi connectivity index (χ0) is 28.4. The first-order valence-electron chi connectivity index (χ1n) is 12.1. The van der Waals surface area contributed by atoms with Gasteiger partial charge in [0.2, 0.25) is 0 Å². The minimum Gasteiger partial charge on any atom is -0.382 e. The van der Waals surface area contributed by atoms with E-state index in [-0.39, 0.29) is 23.8 Å². The fourth-order valence-corrected chi connectivity index (χ4v) is 4.39. The Kier molecular flexibility index (Phi) is 7.36. The third-order valence-electron chi connectivity index (χ3n) is 6.35. The van der Waals surface area contributed by atoms with E-state index in [1.807, 2.05) is 4.90 Å². The standard InChI is InChI=1S/C26H23F4N7O3/c27-19-6-3-16(26(28,29)30)11-20(19)35-25(39)34-17-4-1-15(2-5-17)22-18(12-37-23(22)24(31)32-14-33-37)21(38)13-36-7-9-40-10-8-36/h1-6,11-12,14H,7-10,13H2,(H2,31,32,33)(H2,34,35,39). The van der Waals surface area contributed by atoms with Crippen molar-refractivity contribution in [3.63, 3.8) is 0 Å². The molecule has 0 bridgehead atoms. The van der Waals surface area contributed by atoms with Crippen LogP contribution in [0.1, 0.15) is 15.9 Å². The molecule has 10 nitrogen and oxygen atoms in total. The van der Waals surface area contributed by atoms with E-state index in [1.165, 1.54) is 23.0 Å². The Morgan fingerprint density at radius 3 is 2.48 bits per heavy atom. The zero-order valence-electron chi connectivity index (χ0n) is 20.8. The second-order valence-corrected chi connectivity index (χ2v) is 9.02. The zero-order valence-corrected chi connectivity index (χ0v) is 20.8. The number of halogens is 4. The van der Waals surface area contributed by atoms with Gasteiger partial charge in [0.05, 0.1) is 31.0 Å². The highest BCUT2D eigenvalue weighted by Crippen LogP contribution is 2.34. The van der Waals surface area contributed by atoms with Crippen LogP contribution in [0.25, 0.3) is 16.6 Å². The van der Waals surface area contributed by atoms with Crippen LogP contribution in [0.15, 0.2) is 55.0 Å². The molecule has 208 valence electrons. The molecule has 0 unspecified atom stereocenters. The number of nitrogens with zero attached hydrogens (tertiary/aromatic N) is 4. The van der Waals surface area contributed by atoms with Gasteiger partial charge in [0, 0.05) is 36.1 Å². The van der Waals surface area contributed by atoms with Gasteiger partial charge < -0.3 is 21.1 Å². The number of nitrogen functional groups attached to an aromatic ring is 1. The molecule has 1 saturated heterocycles. The Bertz CT molecular complexity index is 1570. The van der Waals surface area contributed by atoms with Crippen LogP contribution in [0.3, 0.4) is 0 Å². The molecule has 0 saturated carbocycles. The number of hydrogen-bond donors (Lipinski definition) is 3. The maximum atomic E-state index is 14.0. The summed E-state index contributed by atoms with van der Waals surface area (Å²) in [7, 11) is 0. The SMILES string of the molecule is Nc1ncnn2cc(C(=O)CN3CCOCC3)c(-c3ccc(NC(=O)Nc4cc(C(F)(F)F)ccc4F)cc3)c12.